The molecule has 2 saturated heterocycles. The van der Waals surface area contributed by atoms with Gasteiger partial charge in [-0.25, -0.2) is 4.79 Å². The number of hydrogen-bond donors (Lipinski definition) is 1. The SMILES string of the molecule is CN(C[C@@H]1CCCO1)C(=O)Nc1ccccc1OC[C@@H]1CCCCO1. The van der Waals surface area contributed by atoms with Gasteiger partial charge in [-0.2, -0.15) is 0 Å². The molecule has 2 heterocycles. The minimum Gasteiger partial charge on any atom is -0.489 e. The maximum absolute atomic E-state index is 12.4. The first-order chi connectivity index (χ1) is 12.2. The molecule has 0 saturated carbocycles. The lowest BCUT2D eigenvalue weighted by molar-refractivity contribution is -0.0109. The number of anilines is 1. The number of carbonyl (C=O) groups excluding carboxylic acids is 1. The first-order valence-corrected chi connectivity index (χ1v) is 9.19. The second-order valence-corrected chi connectivity index (χ2v) is 6.74. The number of nitrogens with one attached hydrogen (secondary N) is 1. The third-order valence-electron chi connectivity index (χ3n) is 4.68. The van der Waals surface area contributed by atoms with E-state index in [1.165, 1.54) is 6.42 Å². The fourth-order valence-electron chi connectivity index (χ4n) is 3.20. The molecule has 25 heavy (non-hydrogen) atoms. The molecule has 2 aliphatic heterocycles. The van der Waals surface area contributed by atoms with E-state index in [1.807, 2.05) is 24.3 Å². The van der Waals surface area contributed by atoms with Crippen molar-refractivity contribution in [2.75, 3.05) is 38.7 Å². The standard InChI is InChI=1S/C19H28N2O4/c1-21(13-15-8-6-12-23-15)19(22)20-17-9-2-3-10-18(17)25-14-16-7-4-5-11-24-16/h2-3,9-10,15-16H,4-8,11-14H2,1H3,(H,20,22)/t15-,16-/m0/s1. The van der Waals surface area contributed by atoms with Crippen LogP contribution in [0.15, 0.2) is 24.3 Å². The van der Waals surface area contributed by atoms with Gasteiger partial charge in [0, 0.05) is 26.8 Å². The van der Waals surface area contributed by atoms with Crippen LogP contribution in [-0.2, 0) is 9.47 Å². The largest absolute Gasteiger partial charge is 0.489 e. The summed E-state index contributed by atoms with van der Waals surface area (Å²) < 4.78 is 17.2. The number of urea groups is 1. The Morgan fingerprint density at radius 1 is 1.16 bits per heavy atom. The van der Waals surface area contributed by atoms with Crippen LogP contribution in [0.5, 0.6) is 5.75 Å². The average molecular weight is 348 g/mol. The molecular weight excluding hydrogens is 320 g/mol. The van der Waals surface area contributed by atoms with Crippen LogP contribution in [-0.4, -0.2) is 56.6 Å². The van der Waals surface area contributed by atoms with Gasteiger partial charge in [0.15, 0.2) is 0 Å². The Balaban J connectivity index is 1.53. The van der Waals surface area contributed by atoms with Crippen molar-refractivity contribution in [1.82, 2.24) is 4.90 Å². The van der Waals surface area contributed by atoms with Gasteiger partial charge in [0.1, 0.15) is 12.4 Å². The molecule has 0 bridgehead atoms. The Kier molecular flexibility index (Phi) is 6.53. The third-order valence-corrected chi connectivity index (χ3v) is 4.68. The quantitative estimate of drug-likeness (QED) is 0.857. The van der Waals surface area contributed by atoms with Crippen LogP contribution in [0.2, 0.25) is 0 Å². The van der Waals surface area contributed by atoms with Crippen LogP contribution in [0.3, 0.4) is 0 Å². The van der Waals surface area contributed by atoms with Gasteiger partial charge in [0.05, 0.1) is 17.9 Å². The van der Waals surface area contributed by atoms with Crippen molar-refractivity contribution in [2.45, 2.75) is 44.3 Å². The van der Waals surface area contributed by atoms with Crippen LogP contribution >= 0.6 is 0 Å². The van der Waals surface area contributed by atoms with E-state index >= 15 is 0 Å². The van der Waals surface area contributed by atoms with Gasteiger partial charge in [-0.05, 0) is 44.2 Å². The normalized spacial score (nSPS) is 23.2. The smallest absolute Gasteiger partial charge is 0.321 e. The summed E-state index contributed by atoms with van der Waals surface area (Å²) in [5.74, 6) is 0.676. The Morgan fingerprint density at radius 3 is 2.68 bits per heavy atom. The molecule has 6 nitrogen and oxygen atoms in total. The van der Waals surface area contributed by atoms with Crippen molar-refractivity contribution >= 4 is 11.7 Å². The van der Waals surface area contributed by atoms with Gasteiger partial charge in [0.25, 0.3) is 0 Å². The summed E-state index contributed by atoms with van der Waals surface area (Å²) in [5.41, 5.74) is 0.683. The lowest BCUT2D eigenvalue weighted by Gasteiger charge is -2.24. The van der Waals surface area contributed by atoms with E-state index in [2.05, 4.69) is 5.32 Å². The summed E-state index contributed by atoms with van der Waals surface area (Å²) >= 11 is 0. The van der Waals surface area contributed by atoms with Gasteiger partial charge >= 0.3 is 6.03 Å². The number of likely N-dealkylation sites (N-methyl/N-ethyl adjacent to an activating group) is 1. The van der Waals surface area contributed by atoms with E-state index in [0.29, 0.717) is 24.6 Å². The van der Waals surface area contributed by atoms with Crippen molar-refractivity contribution in [3.63, 3.8) is 0 Å². The van der Waals surface area contributed by atoms with Crippen LogP contribution in [0.25, 0.3) is 0 Å². The number of benzene rings is 1. The predicted molar refractivity (Wildman–Crippen MR) is 96.2 cm³/mol. The molecule has 0 aromatic heterocycles. The van der Waals surface area contributed by atoms with Gasteiger partial charge in [-0.3, -0.25) is 0 Å². The van der Waals surface area contributed by atoms with E-state index < -0.39 is 0 Å². The molecule has 2 amide bonds. The van der Waals surface area contributed by atoms with E-state index in [9.17, 15) is 4.79 Å². The first-order valence-electron chi connectivity index (χ1n) is 9.19. The van der Waals surface area contributed by atoms with Gasteiger partial charge in [0.2, 0.25) is 0 Å². The fraction of sp³-hybridized carbons (Fsp3) is 0.632. The summed E-state index contributed by atoms with van der Waals surface area (Å²) in [6.07, 6.45) is 5.70. The Bertz CT molecular complexity index is 554. The highest BCUT2D eigenvalue weighted by atomic mass is 16.5. The third kappa shape index (κ3) is 5.34. The molecule has 2 aliphatic rings. The number of rotatable bonds is 6. The molecule has 0 unspecified atom stereocenters. The van der Waals surface area contributed by atoms with E-state index in [-0.39, 0.29) is 18.2 Å². The summed E-state index contributed by atoms with van der Waals surface area (Å²) in [7, 11) is 1.79. The van der Waals surface area contributed by atoms with Crippen LogP contribution in [0.1, 0.15) is 32.1 Å². The Morgan fingerprint density at radius 2 is 1.92 bits per heavy atom. The second kappa shape index (κ2) is 9.06. The maximum atomic E-state index is 12.4. The van der Waals surface area contributed by atoms with Crippen molar-refractivity contribution in [2.24, 2.45) is 0 Å². The molecule has 2 atom stereocenters. The molecule has 1 aromatic carbocycles. The van der Waals surface area contributed by atoms with E-state index in [1.54, 1.807) is 11.9 Å². The van der Waals surface area contributed by atoms with Crippen LogP contribution in [0, 0.1) is 0 Å². The maximum Gasteiger partial charge on any atom is 0.321 e. The summed E-state index contributed by atoms with van der Waals surface area (Å²) in [6, 6.07) is 7.37. The molecule has 3 rings (SSSR count). The summed E-state index contributed by atoms with van der Waals surface area (Å²) in [5, 5.41) is 2.94. The van der Waals surface area contributed by atoms with Gasteiger partial charge in [-0.15, -0.1) is 0 Å². The lowest BCUT2D eigenvalue weighted by Crippen LogP contribution is -2.37. The Hall–Kier alpha value is -1.79. The minimum atomic E-state index is -0.152. The monoisotopic (exact) mass is 348 g/mol. The molecule has 6 heteroatoms. The Labute approximate surface area is 149 Å². The minimum absolute atomic E-state index is 0.139. The predicted octanol–water partition coefficient (Wildman–Crippen LogP) is 3.28. The molecule has 0 spiro atoms. The van der Waals surface area contributed by atoms with Crippen LogP contribution in [0.4, 0.5) is 10.5 Å². The summed E-state index contributed by atoms with van der Waals surface area (Å²) in [6.45, 7) is 2.71. The van der Waals surface area contributed by atoms with Crippen molar-refractivity contribution in [3.05, 3.63) is 24.3 Å². The lowest BCUT2D eigenvalue weighted by atomic mass is 10.1. The van der Waals surface area contributed by atoms with Crippen LogP contribution < -0.4 is 10.1 Å². The zero-order chi connectivity index (χ0) is 17.5. The zero-order valence-electron chi connectivity index (χ0n) is 14.9. The highest BCUT2D eigenvalue weighted by Gasteiger charge is 2.21. The zero-order valence-corrected chi connectivity index (χ0v) is 14.9. The molecule has 0 radical (unpaired) electrons. The molecule has 138 valence electrons. The number of nitrogens with zero attached hydrogens (tertiary/aromatic N) is 1. The molecule has 2 fully saturated rings. The number of ether oxygens (including phenoxy) is 3. The number of hydrogen-bond acceptors (Lipinski definition) is 4. The van der Waals surface area contributed by atoms with Crippen molar-refractivity contribution in [1.29, 1.82) is 0 Å². The average Bonchev–Trinajstić information content (AvgIpc) is 3.15. The number of carbonyl (C=O) groups is 1. The van der Waals surface area contributed by atoms with Gasteiger partial charge in [-0.1, -0.05) is 12.1 Å². The van der Waals surface area contributed by atoms with E-state index in [0.717, 1.165) is 38.9 Å². The molecule has 1 N–H and O–H groups in total. The second-order valence-electron chi connectivity index (χ2n) is 6.74. The highest BCUT2D eigenvalue weighted by Crippen LogP contribution is 2.25. The van der Waals surface area contributed by atoms with Crippen molar-refractivity contribution in [3.8, 4) is 5.75 Å². The molecular formula is C19H28N2O4. The summed E-state index contributed by atoms with van der Waals surface area (Å²) in [4.78, 5) is 14.1. The van der Waals surface area contributed by atoms with E-state index in [4.69, 9.17) is 14.2 Å². The number of amides is 2. The highest BCUT2D eigenvalue weighted by molar-refractivity contribution is 5.90. The topological polar surface area (TPSA) is 60.0 Å². The molecule has 1 aromatic rings. The molecule has 0 aliphatic carbocycles. The first kappa shape index (κ1) is 18.0. The van der Waals surface area contributed by atoms with Gasteiger partial charge < -0.3 is 24.4 Å². The van der Waals surface area contributed by atoms with Crippen molar-refractivity contribution < 1.29 is 19.0 Å². The fourth-order valence-corrected chi connectivity index (χ4v) is 3.20. The number of para-hydroxylation sites is 2.